The van der Waals surface area contributed by atoms with Gasteiger partial charge in [0.15, 0.2) is 11.5 Å². The Labute approximate surface area is 167 Å². The Morgan fingerprint density at radius 3 is 2.79 bits per heavy atom. The summed E-state index contributed by atoms with van der Waals surface area (Å²) in [6.07, 6.45) is 2.43. The van der Waals surface area contributed by atoms with Crippen LogP contribution in [0, 0.1) is 5.41 Å². The van der Waals surface area contributed by atoms with Gasteiger partial charge in [0.2, 0.25) is 11.8 Å². The van der Waals surface area contributed by atoms with Crippen LogP contribution in [-0.2, 0) is 16.0 Å². The van der Waals surface area contributed by atoms with E-state index in [1.807, 2.05) is 32.9 Å². The normalized spacial score (nSPS) is 20.5. The summed E-state index contributed by atoms with van der Waals surface area (Å²) in [5.74, 6) is 1.44. The number of amides is 2. The molecule has 1 saturated heterocycles. The predicted octanol–water partition coefficient (Wildman–Crippen LogP) is 2.93. The molecule has 0 bridgehead atoms. The van der Waals surface area contributed by atoms with Crippen molar-refractivity contribution in [2.75, 3.05) is 19.7 Å². The van der Waals surface area contributed by atoms with Crippen molar-refractivity contribution in [3.05, 3.63) is 23.8 Å². The molecule has 0 saturated carbocycles. The molecule has 1 atom stereocenters. The largest absolute Gasteiger partial charge is 0.488 e. The van der Waals surface area contributed by atoms with Crippen LogP contribution in [0.15, 0.2) is 18.2 Å². The summed E-state index contributed by atoms with van der Waals surface area (Å²) < 4.78 is 11.9. The molecule has 0 spiro atoms. The summed E-state index contributed by atoms with van der Waals surface area (Å²) in [5.41, 5.74) is 0.448. The molecule has 6 heteroatoms. The lowest BCUT2D eigenvalue weighted by molar-refractivity contribution is -0.144. The molecule has 2 aliphatic heterocycles. The van der Waals surface area contributed by atoms with E-state index in [0.29, 0.717) is 31.9 Å². The van der Waals surface area contributed by atoms with Crippen molar-refractivity contribution in [2.24, 2.45) is 5.41 Å². The minimum Gasteiger partial charge on any atom is -0.488 e. The summed E-state index contributed by atoms with van der Waals surface area (Å²) in [6.45, 7) is 11.2. The molecular formula is C22H32N2O4. The Balaban J connectivity index is 1.51. The molecule has 0 aliphatic carbocycles. The van der Waals surface area contributed by atoms with Crippen molar-refractivity contribution in [3.8, 4) is 11.5 Å². The molecule has 6 nitrogen and oxygen atoms in total. The summed E-state index contributed by atoms with van der Waals surface area (Å²) in [7, 11) is 0. The summed E-state index contributed by atoms with van der Waals surface area (Å²) in [4.78, 5) is 26.9. The number of carbonyl (C=O) groups is 2. The van der Waals surface area contributed by atoms with E-state index < -0.39 is 5.41 Å². The third kappa shape index (κ3) is 4.42. The zero-order valence-corrected chi connectivity index (χ0v) is 17.6. The highest BCUT2D eigenvalue weighted by molar-refractivity contribution is 5.90. The highest BCUT2D eigenvalue weighted by Gasteiger charge is 2.38. The zero-order valence-electron chi connectivity index (χ0n) is 17.6. The van der Waals surface area contributed by atoms with Gasteiger partial charge in [0.25, 0.3) is 0 Å². The maximum absolute atomic E-state index is 12.6. The molecule has 2 heterocycles. The van der Waals surface area contributed by atoms with Gasteiger partial charge in [-0.15, -0.1) is 0 Å². The van der Waals surface area contributed by atoms with E-state index in [1.165, 1.54) is 0 Å². The number of nitrogens with one attached hydrogen (secondary N) is 1. The van der Waals surface area contributed by atoms with Crippen LogP contribution in [0.5, 0.6) is 11.5 Å². The van der Waals surface area contributed by atoms with Crippen molar-refractivity contribution in [2.45, 2.75) is 65.5 Å². The van der Waals surface area contributed by atoms with Crippen LogP contribution in [0.4, 0.5) is 0 Å². The Hall–Kier alpha value is -2.24. The summed E-state index contributed by atoms with van der Waals surface area (Å²) >= 11 is 0. The number of likely N-dealkylation sites (tertiary alicyclic amines) is 1. The molecule has 1 aromatic carbocycles. The van der Waals surface area contributed by atoms with Gasteiger partial charge in [0.05, 0.1) is 6.54 Å². The lowest BCUT2D eigenvalue weighted by Crippen LogP contribution is -2.49. The van der Waals surface area contributed by atoms with Crippen LogP contribution in [0.25, 0.3) is 0 Å². The van der Waals surface area contributed by atoms with E-state index in [9.17, 15) is 9.59 Å². The number of para-hydroxylation sites is 1. The van der Waals surface area contributed by atoms with Crippen LogP contribution < -0.4 is 14.8 Å². The van der Waals surface area contributed by atoms with Crippen LogP contribution >= 0.6 is 0 Å². The van der Waals surface area contributed by atoms with Gasteiger partial charge >= 0.3 is 0 Å². The number of nitrogens with zero attached hydrogens (tertiary/aromatic N) is 1. The fraction of sp³-hybridized carbons (Fsp3) is 0.636. The van der Waals surface area contributed by atoms with E-state index >= 15 is 0 Å². The monoisotopic (exact) mass is 388 g/mol. The second-order valence-corrected chi connectivity index (χ2v) is 9.33. The van der Waals surface area contributed by atoms with Crippen molar-refractivity contribution in [1.82, 2.24) is 10.2 Å². The average Bonchev–Trinajstić information content (AvgIpc) is 3.20. The van der Waals surface area contributed by atoms with Crippen molar-refractivity contribution in [3.63, 3.8) is 0 Å². The molecule has 3 rings (SSSR count). The fourth-order valence-corrected chi connectivity index (χ4v) is 3.87. The Kier molecular flexibility index (Phi) is 5.60. The topological polar surface area (TPSA) is 67.9 Å². The number of ether oxygens (including phenoxy) is 2. The van der Waals surface area contributed by atoms with Gasteiger partial charge in [-0.05, 0) is 32.8 Å². The van der Waals surface area contributed by atoms with Gasteiger partial charge < -0.3 is 19.7 Å². The van der Waals surface area contributed by atoms with Crippen molar-refractivity contribution in [1.29, 1.82) is 0 Å². The van der Waals surface area contributed by atoms with Crippen molar-refractivity contribution >= 4 is 11.8 Å². The molecule has 1 N–H and O–H groups in total. The number of fused-ring (bicyclic) bond motifs is 1. The van der Waals surface area contributed by atoms with Gasteiger partial charge in [-0.2, -0.15) is 0 Å². The number of rotatable bonds is 5. The minimum atomic E-state index is -0.479. The molecule has 0 aromatic heterocycles. The zero-order chi connectivity index (χ0) is 20.5. The third-order valence-corrected chi connectivity index (χ3v) is 5.17. The van der Waals surface area contributed by atoms with Crippen LogP contribution in [0.3, 0.4) is 0 Å². The van der Waals surface area contributed by atoms with Crippen LogP contribution in [0.1, 0.15) is 53.0 Å². The number of hydrogen-bond acceptors (Lipinski definition) is 4. The molecular weight excluding hydrogens is 356 g/mol. The van der Waals surface area contributed by atoms with E-state index in [0.717, 1.165) is 24.2 Å². The summed E-state index contributed by atoms with van der Waals surface area (Å²) in [6, 6.07) is 5.53. The smallest absolute Gasteiger partial charge is 0.242 e. The fourth-order valence-electron chi connectivity index (χ4n) is 3.87. The first-order chi connectivity index (χ1) is 13.1. The molecule has 2 aliphatic rings. The van der Waals surface area contributed by atoms with E-state index in [1.54, 1.807) is 4.90 Å². The third-order valence-electron chi connectivity index (χ3n) is 5.17. The number of carbonyl (C=O) groups excluding carboxylic acids is 2. The maximum Gasteiger partial charge on any atom is 0.242 e. The minimum absolute atomic E-state index is 0.0287. The molecule has 2 amide bonds. The second-order valence-electron chi connectivity index (χ2n) is 9.33. The van der Waals surface area contributed by atoms with E-state index in [2.05, 4.69) is 25.2 Å². The molecule has 28 heavy (non-hydrogen) atoms. The van der Waals surface area contributed by atoms with Crippen LogP contribution in [-0.4, -0.2) is 48.1 Å². The van der Waals surface area contributed by atoms with Gasteiger partial charge in [-0.3, -0.25) is 9.59 Å². The Morgan fingerprint density at radius 2 is 2.07 bits per heavy atom. The van der Waals surface area contributed by atoms with Gasteiger partial charge in [0, 0.05) is 23.9 Å². The van der Waals surface area contributed by atoms with Gasteiger partial charge in [0.1, 0.15) is 18.2 Å². The van der Waals surface area contributed by atoms with Gasteiger partial charge in [-0.25, -0.2) is 0 Å². The van der Waals surface area contributed by atoms with E-state index in [-0.39, 0.29) is 23.5 Å². The Bertz CT molecular complexity index is 751. The average molecular weight is 389 g/mol. The Morgan fingerprint density at radius 1 is 1.32 bits per heavy atom. The first-order valence-corrected chi connectivity index (χ1v) is 10.1. The maximum atomic E-state index is 12.6. The van der Waals surface area contributed by atoms with E-state index in [4.69, 9.17) is 9.47 Å². The van der Waals surface area contributed by atoms with Crippen LogP contribution in [0.2, 0.25) is 0 Å². The molecule has 1 unspecified atom stereocenters. The second kappa shape index (κ2) is 7.64. The SMILES string of the molecule is CC1(C)Cc2cccc(OCCNC(=O)C3CCCN3C(=O)C(C)(C)C)c2O1. The van der Waals surface area contributed by atoms with Gasteiger partial charge in [-0.1, -0.05) is 32.9 Å². The summed E-state index contributed by atoms with van der Waals surface area (Å²) in [5, 5.41) is 2.92. The number of hydrogen-bond donors (Lipinski definition) is 1. The quantitative estimate of drug-likeness (QED) is 0.788. The highest BCUT2D eigenvalue weighted by Crippen LogP contribution is 2.41. The molecule has 154 valence electrons. The lowest BCUT2D eigenvalue weighted by atomic mass is 9.94. The molecule has 1 aromatic rings. The first kappa shape index (κ1) is 20.5. The molecule has 0 radical (unpaired) electrons. The lowest BCUT2D eigenvalue weighted by Gasteiger charge is -2.30. The highest BCUT2D eigenvalue weighted by atomic mass is 16.5. The van der Waals surface area contributed by atoms with Crippen molar-refractivity contribution < 1.29 is 19.1 Å². The predicted molar refractivity (Wildman–Crippen MR) is 108 cm³/mol. The number of benzene rings is 1. The molecule has 1 fully saturated rings. The standard InChI is InChI=1S/C22H32N2O4/c1-21(2,3)20(26)24-12-7-9-16(24)19(25)23-11-13-27-17-10-6-8-15-14-22(4,5)28-18(15)17/h6,8,10,16H,7,9,11-14H2,1-5H3,(H,23,25). The first-order valence-electron chi connectivity index (χ1n) is 10.1.